The van der Waals surface area contributed by atoms with Gasteiger partial charge in [-0.3, -0.25) is 0 Å². The molecule has 2 N–H and O–H groups in total. The number of hydrogen-bond donors (Lipinski definition) is 2. The Labute approximate surface area is 79.4 Å². The van der Waals surface area contributed by atoms with Gasteiger partial charge in [-0.1, -0.05) is 17.7 Å². The van der Waals surface area contributed by atoms with Crippen molar-refractivity contribution in [2.24, 2.45) is 0 Å². The quantitative estimate of drug-likeness (QED) is 0.717. The van der Waals surface area contributed by atoms with Gasteiger partial charge in [0, 0.05) is 18.3 Å². The molecule has 1 heterocycles. The van der Waals surface area contributed by atoms with Crippen molar-refractivity contribution in [3.63, 3.8) is 0 Å². The van der Waals surface area contributed by atoms with E-state index < -0.39 is 0 Å². The molecule has 2 rings (SSSR count). The molecule has 1 aromatic carbocycles. The molecule has 1 aliphatic heterocycles. The van der Waals surface area contributed by atoms with E-state index in [-0.39, 0.29) is 0 Å². The zero-order valence-electron chi connectivity index (χ0n) is 8.01. The van der Waals surface area contributed by atoms with Crippen molar-refractivity contribution in [3.05, 3.63) is 29.8 Å². The zero-order chi connectivity index (χ0) is 9.10. The van der Waals surface area contributed by atoms with Crippen LogP contribution in [0, 0.1) is 6.92 Å². The third kappa shape index (κ3) is 2.22. The molecule has 13 heavy (non-hydrogen) atoms. The molecule has 1 aromatic rings. The van der Waals surface area contributed by atoms with Crippen molar-refractivity contribution in [2.75, 3.05) is 18.4 Å². The lowest BCUT2D eigenvalue weighted by Crippen LogP contribution is -2.21. The van der Waals surface area contributed by atoms with E-state index >= 15 is 0 Å². The SMILES string of the molecule is Cc1ccc(N[C@@H]2CCNC2)cc1. The Bertz CT molecular complexity index is 260. The van der Waals surface area contributed by atoms with Crippen LogP contribution < -0.4 is 10.6 Å². The standard InChI is InChI=1S/C11H16N2/c1-9-2-4-10(5-3-9)13-11-6-7-12-8-11/h2-5,11-13H,6-8H2,1H3/t11-/m1/s1. The minimum atomic E-state index is 0.614. The topological polar surface area (TPSA) is 24.1 Å². The molecule has 0 aliphatic carbocycles. The second kappa shape index (κ2) is 3.79. The van der Waals surface area contributed by atoms with Gasteiger partial charge in [-0.05, 0) is 32.0 Å². The van der Waals surface area contributed by atoms with Crippen LogP contribution in [0.4, 0.5) is 5.69 Å². The van der Waals surface area contributed by atoms with E-state index in [1.165, 1.54) is 17.7 Å². The highest BCUT2D eigenvalue weighted by Crippen LogP contribution is 2.12. The van der Waals surface area contributed by atoms with Crippen LogP contribution in [0.15, 0.2) is 24.3 Å². The molecule has 0 aromatic heterocycles. The Morgan fingerprint density at radius 3 is 2.69 bits per heavy atom. The second-order valence-corrected chi connectivity index (χ2v) is 3.70. The van der Waals surface area contributed by atoms with Gasteiger partial charge in [0.25, 0.3) is 0 Å². The summed E-state index contributed by atoms with van der Waals surface area (Å²) >= 11 is 0. The van der Waals surface area contributed by atoms with Crippen molar-refractivity contribution >= 4 is 5.69 Å². The minimum absolute atomic E-state index is 0.614. The number of hydrogen-bond acceptors (Lipinski definition) is 2. The number of rotatable bonds is 2. The van der Waals surface area contributed by atoms with Crippen LogP contribution in [0.25, 0.3) is 0 Å². The number of nitrogens with one attached hydrogen (secondary N) is 2. The molecule has 1 saturated heterocycles. The summed E-state index contributed by atoms with van der Waals surface area (Å²) < 4.78 is 0. The van der Waals surface area contributed by atoms with Crippen LogP contribution in [0.1, 0.15) is 12.0 Å². The van der Waals surface area contributed by atoms with Crippen molar-refractivity contribution in [1.29, 1.82) is 0 Å². The minimum Gasteiger partial charge on any atom is -0.381 e. The van der Waals surface area contributed by atoms with E-state index in [1.54, 1.807) is 0 Å². The second-order valence-electron chi connectivity index (χ2n) is 3.70. The summed E-state index contributed by atoms with van der Waals surface area (Å²) in [5, 5.41) is 6.85. The highest BCUT2D eigenvalue weighted by atomic mass is 15.0. The van der Waals surface area contributed by atoms with Gasteiger partial charge < -0.3 is 10.6 Å². The smallest absolute Gasteiger partial charge is 0.0398 e. The predicted octanol–water partition coefficient (Wildman–Crippen LogP) is 1.77. The van der Waals surface area contributed by atoms with Crippen molar-refractivity contribution in [2.45, 2.75) is 19.4 Å². The van der Waals surface area contributed by atoms with Crippen molar-refractivity contribution in [3.8, 4) is 0 Å². The zero-order valence-corrected chi connectivity index (χ0v) is 8.01. The fraction of sp³-hybridized carbons (Fsp3) is 0.455. The molecule has 0 amide bonds. The number of anilines is 1. The van der Waals surface area contributed by atoms with E-state index in [2.05, 4.69) is 41.8 Å². The lowest BCUT2D eigenvalue weighted by molar-refractivity contribution is 0.793. The Morgan fingerprint density at radius 1 is 1.31 bits per heavy atom. The first kappa shape index (κ1) is 8.57. The summed E-state index contributed by atoms with van der Waals surface area (Å²) in [6, 6.07) is 9.19. The van der Waals surface area contributed by atoms with Gasteiger partial charge in [-0.25, -0.2) is 0 Å². The average molecular weight is 176 g/mol. The van der Waals surface area contributed by atoms with Gasteiger partial charge in [0.05, 0.1) is 0 Å². The van der Waals surface area contributed by atoms with Crippen LogP contribution in [-0.2, 0) is 0 Å². The largest absolute Gasteiger partial charge is 0.381 e. The first-order valence-corrected chi connectivity index (χ1v) is 4.88. The van der Waals surface area contributed by atoms with Crippen LogP contribution in [0.2, 0.25) is 0 Å². The molecule has 2 nitrogen and oxygen atoms in total. The number of benzene rings is 1. The summed E-state index contributed by atoms with van der Waals surface area (Å²) in [6.45, 7) is 4.35. The first-order valence-electron chi connectivity index (χ1n) is 4.88. The normalized spacial score (nSPS) is 21.8. The Kier molecular flexibility index (Phi) is 2.50. The monoisotopic (exact) mass is 176 g/mol. The molecule has 0 bridgehead atoms. The molecule has 1 aliphatic rings. The Balaban J connectivity index is 1.97. The van der Waals surface area contributed by atoms with Crippen LogP contribution in [0.3, 0.4) is 0 Å². The Hall–Kier alpha value is -1.02. The fourth-order valence-corrected chi connectivity index (χ4v) is 1.66. The van der Waals surface area contributed by atoms with E-state index in [9.17, 15) is 0 Å². The molecule has 0 saturated carbocycles. The van der Waals surface area contributed by atoms with E-state index in [1.807, 2.05) is 0 Å². The molecule has 0 unspecified atom stereocenters. The summed E-state index contributed by atoms with van der Waals surface area (Å²) in [4.78, 5) is 0. The third-order valence-corrected chi connectivity index (χ3v) is 2.48. The molecular formula is C11H16N2. The lowest BCUT2D eigenvalue weighted by Gasteiger charge is -2.12. The van der Waals surface area contributed by atoms with Gasteiger partial charge in [-0.2, -0.15) is 0 Å². The summed E-state index contributed by atoms with van der Waals surface area (Å²) in [5.41, 5.74) is 2.55. The molecule has 1 fully saturated rings. The van der Waals surface area contributed by atoms with Crippen LogP contribution >= 0.6 is 0 Å². The summed E-state index contributed by atoms with van der Waals surface area (Å²) in [6.07, 6.45) is 1.23. The van der Waals surface area contributed by atoms with E-state index in [0.717, 1.165) is 13.1 Å². The summed E-state index contributed by atoms with van der Waals surface area (Å²) in [5.74, 6) is 0. The lowest BCUT2D eigenvalue weighted by atomic mass is 10.2. The molecule has 70 valence electrons. The molecular weight excluding hydrogens is 160 g/mol. The van der Waals surface area contributed by atoms with E-state index in [4.69, 9.17) is 0 Å². The highest BCUT2D eigenvalue weighted by Gasteiger charge is 2.12. The third-order valence-electron chi connectivity index (χ3n) is 2.48. The van der Waals surface area contributed by atoms with Gasteiger partial charge in [0.1, 0.15) is 0 Å². The maximum Gasteiger partial charge on any atom is 0.0398 e. The molecule has 0 radical (unpaired) electrons. The van der Waals surface area contributed by atoms with Gasteiger partial charge in [0.2, 0.25) is 0 Å². The molecule has 2 heteroatoms. The fourth-order valence-electron chi connectivity index (χ4n) is 1.66. The summed E-state index contributed by atoms with van der Waals surface area (Å²) in [7, 11) is 0. The first-order chi connectivity index (χ1) is 6.34. The average Bonchev–Trinajstić information content (AvgIpc) is 2.62. The molecule has 0 spiro atoms. The predicted molar refractivity (Wildman–Crippen MR) is 56.1 cm³/mol. The Morgan fingerprint density at radius 2 is 2.08 bits per heavy atom. The maximum absolute atomic E-state index is 3.51. The van der Waals surface area contributed by atoms with Crippen LogP contribution in [0.5, 0.6) is 0 Å². The van der Waals surface area contributed by atoms with Crippen LogP contribution in [-0.4, -0.2) is 19.1 Å². The maximum atomic E-state index is 3.51. The number of aryl methyl sites for hydroxylation is 1. The van der Waals surface area contributed by atoms with Gasteiger partial charge >= 0.3 is 0 Å². The van der Waals surface area contributed by atoms with Gasteiger partial charge in [-0.15, -0.1) is 0 Å². The molecule has 1 atom stereocenters. The van der Waals surface area contributed by atoms with Crippen molar-refractivity contribution in [1.82, 2.24) is 5.32 Å². The van der Waals surface area contributed by atoms with Gasteiger partial charge in [0.15, 0.2) is 0 Å². The highest BCUT2D eigenvalue weighted by molar-refractivity contribution is 5.45. The van der Waals surface area contributed by atoms with E-state index in [0.29, 0.717) is 6.04 Å². The van der Waals surface area contributed by atoms with Crippen molar-refractivity contribution < 1.29 is 0 Å².